The lowest BCUT2D eigenvalue weighted by Crippen LogP contribution is -2.28. The maximum absolute atomic E-state index is 12.2. The van der Waals surface area contributed by atoms with Crippen molar-refractivity contribution in [3.63, 3.8) is 0 Å². The number of aliphatic carboxylic acids is 1. The van der Waals surface area contributed by atoms with E-state index in [1.165, 1.54) is 10.6 Å². The molecule has 1 aromatic carbocycles. The van der Waals surface area contributed by atoms with Gasteiger partial charge in [-0.05, 0) is 25.5 Å². The first-order valence-corrected chi connectivity index (χ1v) is 6.69. The third-order valence-electron chi connectivity index (χ3n) is 3.75. The Balaban J connectivity index is 2.16. The summed E-state index contributed by atoms with van der Waals surface area (Å²) >= 11 is 0. The van der Waals surface area contributed by atoms with Gasteiger partial charge < -0.3 is 10.8 Å². The summed E-state index contributed by atoms with van der Waals surface area (Å²) in [5, 5.41) is 9.14. The first-order valence-electron chi connectivity index (χ1n) is 6.69. The summed E-state index contributed by atoms with van der Waals surface area (Å²) in [7, 11) is 0. The number of aryl methyl sites for hydroxylation is 2. The fourth-order valence-corrected chi connectivity index (χ4v) is 2.71. The smallest absolute Gasteiger partial charge is 0.326 e. The number of carboxylic acids is 1. The van der Waals surface area contributed by atoms with E-state index < -0.39 is 12.0 Å². The molecule has 0 bridgehead atoms. The monoisotopic (exact) mass is 285 g/mol. The first-order chi connectivity index (χ1) is 9.97. The molecule has 3 rings (SSSR count). The molecule has 0 radical (unpaired) electrons. The van der Waals surface area contributed by atoms with E-state index in [0.717, 1.165) is 5.56 Å². The zero-order valence-corrected chi connectivity index (χ0v) is 11.5. The highest BCUT2D eigenvalue weighted by atomic mass is 16.4. The molecule has 0 unspecified atom stereocenters. The van der Waals surface area contributed by atoms with Gasteiger partial charge >= 0.3 is 5.97 Å². The van der Waals surface area contributed by atoms with E-state index in [4.69, 9.17) is 10.8 Å². The van der Waals surface area contributed by atoms with Gasteiger partial charge in [0.05, 0.1) is 5.69 Å². The van der Waals surface area contributed by atoms with Crippen LogP contribution in [0.3, 0.4) is 0 Å². The molecule has 2 aromatic rings. The predicted octanol–water partition coefficient (Wildman–Crippen LogP) is 1.37. The van der Waals surface area contributed by atoms with Crippen LogP contribution in [0.2, 0.25) is 0 Å². The van der Waals surface area contributed by atoms with Crippen molar-refractivity contribution in [1.82, 2.24) is 9.55 Å². The molecule has 0 saturated heterocycles. The summed E-state index contributed by atoms with van der Waals surface area (Å²) in [6.45, 7) is 1.93. The van der Waals surface area contributed by atoms with Gasteiger partial charge in [-0.25, -0.2) is 9.78 Å². The van der Waals surface area contributed by atoms with Crippen LogP contribution in [0.1, 0.15) is 23.9 Å². The van der Waals surface area contributed by atoms with Crippen molar-refractivity contribution in [2.45, 2.75) is 25.8 Å². The van der Waals surface area contributed by atoms with Gasteiger partial charge in [-0.1, -0.05) is 11.6 Å². The van der Waals surface area contributed by atoms with Crippen molar-refractivity contribution < 1.29 is 9.90 Å². The third kappa shape index (κ3) is 2.18. The van der Waals surface area contributed by atoms with Crippen molar-refractivity contribution >= 4 is 11.7 Å². The topological polar surface area (TPSA) is 98.2 Å². The molecule has 0 fully saturated rings. The average molecular weight is 285 g/mol. The molecule has 0 spiro atoms. The van der Waals surface area contributed by atoms with Crippen molar-refractivity contribution in [3.05, 3.63) is 46.0 Å². The third-order valence-corrected chi connectivity index (χ3v) is 3.75. The molecular formula is C15H15N3O3. The predicted molar refractivity (Wildman–Crippen MR) is 78.1 cm³/mol. The molecule has 0 amide bonds. The zero-order valence-electron chi connectivity index (χ0n) is 11.5. The number of nitrogen functional groups attached to an aromatic ring is 1. The number of hydrogen-bond acceptors (Lipinski definition) is 4. The number of carbonyl (C=O) groups is 1. The molecule has 1 aliphatic rings. The maximum atomic E-state index is 12.2. The van der Waals surface area contributed by atoms with Crippen LogP contribution < -0.4 is 11.3 Å². The van der Waals surface area contributed by atoms with Gasteiger partial charge in [0, 0.05) is 23.7 Å². The number of rotatable bonds is 2. The highest BCUT2D eigenvalue weighted by Crippen LogP contribution is 2.28. The van der Waals surface area contributed by atoms with Crippen LogP contribution in [0.25, 0.3) is 11.3 Å². The first kappa shape index (κ1) is 13.4. The van der Waals surface area contributed by atoms with Crippen LogP contribution in [0.4, 0.5) is 5.69 Å². The second-order valence-corrected chi connectivity index (χ2v) is 5.25. The molecule has 0 saturated carbocycles. The maximum Gasteiger partial charge on any atom is 0.326 e. The lowest BCUT2D eigenvalue weighted by molar-refractivity contribution is -0.140. The number of benzene rings is 1. The van der Waals surface area contributed by atoms with E-state index in [0.29, 0.717) is 35.6 Å². The van der Waals surface area contributed by atoms with Gasteiger partial charge in [-0.2, -0.15) is 0 Å². The second-order valence-electron chi connectivity index (χ2n) is 5.25. The lowest BCUT2D eigenvalue weighted by Gasteiger charge is -2.11. The fourth-order valence-electron chi connectivity index (χ4n) is 2.71. The zero-order chi connectivity index (χ0) is 15.1. The molecule has 1 aliphatic heterocycles. The SMILES string of the molecule is Cc1ccc(N)c(-c2cc(=O)n3c(n2)CC[C@H]3C(=O)O)c1. The van der Waals surface area contributed by atoms with Crippen LogP contribution in [0, 0.1) is 6.92 Å². The largest absolute Gasteiger partial charge is 0.480 e. The van der Waals surface area contributed by atoms with Gasteiger partial charge in [0.1, 0.15) is 11.9 Å². The molecule has 6 heteroatoms. The minimum absolute atomic E-state index is 0.346. The summed E-state index contributed by atoms with van der Waals surface area (Å²) < 4.78 is 1.26. The molecular weight excluding hydrogens is 270 g/mol. The number of nitrogens with zero attached hydrogens (tertiary/aromatic N) is 2. The van der Waals surface area contributed by atoms with Gasteiger partial charge in [0.2, 0.25) is 0 Å². The van der Waals surface area contributed by atoms with Crippen LogP contribution in [0.5, 0.6) is 0 Å². The second kappa shape index (κ2) is 4.73. The minimum Gasteiger partial charge on any atom is -0.480 e. The van der Waals surface area contributed by atoms with Crippen LogP contribution >= 0.6 is 0 Å². The normalized spacial score (nSPS) is 16.7. The summed E-state index contributed by atoms with van der Waals surface area (Å²) in [6.07, 6.45) is 0.871. The molecule has 6 nitrogen and oxygen atoms in total. The Morgan fingerprint density at radius 1 is 1.43 bits per heavy atom. The molecule has 0 aliphatic carbocycles. The van der Waals surface area contributed by atoms with Gasteiger partial charge in [-0.3, -0.25) is 9.36 Å². The van der Waals surface area contributed by atoms with Crippen molar-refractivity contribution in [2.75, 3.05) is 5.73 Å². The standard InChI is InChI=1S/C15H15N3O3/c1-8-2-3-10(16)9(6-8)11-7-14(19)18-12(15(20)21)4-5-13(18)17-11/h2-3,6-7,12H,4-5,16H2,1H3,(H,20,21)/t12-/m0/s1. The molecule has 21 heavy (non-hydrogen) atoms. The summed E-state index contributed by atoms with van der Waals surface area (Å²) in [6, 6.07) is 6.08. The Labute approximate surface area is 120 Å². The van der Waals surface area contributed by atoms with E-state index in [1.54, 1.807) is 6.07 Å². The van der Waals surface area contributed by atoms with E-state index in [-0.39, 0.29) is 5.56 Å². The number of anilines is 1. The average Bonchev–Trinajstić information content (AvgIpc) is 2.86. The van der Waals surface area contributed by atoms with E-state index in [9.17, 15) is 9.59 Å². The van der Waals surface area contributed by atoms with Gasteiger partial charge in [-0.15, -0.1) is 0 Å². The van der Waals surface area contributed by atoms with Gasteiger partial charge in [0.15, 0.2) is 0 Å². The number of hydrogen-bond donors (Lipinski definition) is 2. The van der Waals surface area contributed by atoms with Crippen molar-refractivity contribution in [1.29, 1.82) is 0 Å². The van der Waals surface area contributed by atoms with Crippen LogP contribution in [0.15, 0.2) is 29.1 Å². The number of nitrogens with two attached hydrogens (primary N) is 1. The van der Waals surface area contributed by atoms with Crippen molar-refractivity contribution in [2.24, 2.45) is 0 Å². The van der Waals surface area contributed by atoms with Crippen LogP contribution in [-0.4, -0.2) is 20.6 Å². The summed E-state index contributed by atoms with van der Waals surface area (Å²) in [5.41, 5.74) is 8.37. The number of carboxylic acid groups (broad SMARTS) is 1. The van der Waals surface area contributed by atoms with E-state index in [2.05, 4.69) is 4.98 Å². The molecule has 2 heterocycles. The molecule has 1 aromatic heterocycles. The number of fused-ring (bicyclic) bond motifs is 1. The Kier molecular flexibility index (Phi) is 3.01. The highest BCUT2D eigenvalue weighted by Gasteiger charge is 2.30. The minimum atomic E-state index is -1.000. The molecule has 3 N–H and O–H groups in total. The number of aromatic nitrogens is 2. The molecule has 1 atom stereocenters. The van der Waals surface area contributed by atoms with Gasteiger partial charge in [0.25, 0.3) is 5.56 Å². The highest BCUT2D eigenvalue weighted by molar-refractivity contribution is 5.75. The summed E-state index contributed by atoms with van der Waals surface area (Å²) in [5.74, 6) is -0.494. The summed E-state index contributed by atoms with van der Waals surface area (Å²) in [4.78, 5) is 27.8. The van der Waals surface area contributed by atoms with Crippen molar-refractivity contribution in [3.8, 4) is 11.3 Å². The quantitative estimate of drug-likeness (QED) is 0.812. The van der Waals surface area contributed by atoms with E-state index in [1.807, 2.05) is 19.1 Å². The van der Waals surface area contributed by atoms with Crippen LogP contribution in [-0.2, 0) is 11.2 Å². The fraction of sp³-hybridized carbons (Fsp3) is 0.267. The Morgan fingerprint density at radius 3 is 2.90 bits per heavy atom. The Morgan fingerprint density at radius 2 is 2.19 bits per heavy atom. The van der Waals surface area contributed by atoms with E-state index >= 15 is 0 Å². The Hall–Kier alpha value is -2.63. The lowest BCUT2D eigenvalue weighted by atomic mass is 10.1. The Bertz CT molecular complexity index is 795. The molecule has 108 valence electrons.